The lowest BCUT2D eigenvalue weighted by atomic mass is 10.2. The molecule has 0 fully saturated rings. The smallest absolute Gasteiger partial charge is 0.301 e. The summed E-state index contributed by atoms with van der Waals surface area (Å²) in [6.07, 6.45) is 1.02. The molecule has 0 bridgehead atoms. The molecule has 9 heteroatoms. The molecule has 0 aliphatic rings. The number of amides is 1. The number of nitro groups is 2. The van der Waals surface area contributed by atoms with Crippen LogP contribution in [0.15, 0.2) is 42.6 Å². The van der Waals surface area contributed by atoms with Crippen molar-refractivity contribution in [2.45, 2.75) is 0 Å². The quantitative estimate of drug-likeness (QED) is 0.677. The van der Waals surface area contributed by atoms with Crippen LogP contribution >= 0.6 is 0 Å². The minimum Gasteiger partial charge on any atom is -0.301 e. The van der Waals surface area contributed by atoms with Crippen LogP contribution in [0.5, 0.6) is 0 Å². The highest BCUT2D eigenvalue weighted by molar-refractivity contribution is 6.05. The molecule has 106 valence electrons. The van der Waals surface area contributed by atoms with Gasteiger partial charge in [-0.15, -0.1) is 0 Å². The second-order valence-electron chi connectivity index (χ2n) is 3.86. The molecule has 2 aromatic rings. The van der Waals surface area contributed by atoms with Crippen LogP contribution in [0.2, 0.25) is 0 Å². The van der Waals surface area contributed by atoms with Crippen molar-refractivity contribution >= 4 is 23.1 Å². The Hall–Kier alpha value is -3.36. The number of carbonyl (C=O) groups is 1. The predicted octanol–water partition coefficient (Wildman–Crippen LogP) is 2.15. The maximum Gasteiger partial charge on any atom is 0.388 e. The fourth-order valence-corrected chi connectivity index (χ4v) is 1.63. The third-order valence-corrected chi connectivity index (χ3v) is 2.55. The van der Waals surface area contributed by atoms with Crippen molar-refractivity contribution in [1.29, 1.82) is 0 Å². The number of nitrogens with one attached hydrogen (secondary N) is 1. The van der Waals surface area contributed by atoms with Crippen LogP contribution in [-0.4, -0.2) is 20.7 Å². The van der Waals surface area contributed by atoms with Gasteiger partial charge in [0.25, 0.3) is 5.91 Å². The summed E-state index contributed by atoms with van der Waals surface area (Å²) in [5.41, 5.74) is -1.34. The van der Waals surface area contributed by atoms with Gasteiger partial charge in [-0.1, -0.05) is 18.2 Å². The van der Waals surface area contributed by atoms with Gasteiger partial charge in [0.15, 0.2) is 0 Å². The van der Waals surface area contributed by atoms with Gasteiger partial charge >= 0.3 is 11.4 Å². The zero-order chi connectivity index (χ0) is 15.4. The van der Waals surface area contributed by atoms with Crippen molar-refractivity contribution in [3.05, 3.63) is 68.4 Å². The van der Waals surface area contributed by atoms with Gasteiger partial charge in [0.1, 0.15) is 0 Å². The molecule has 0 aliphatic heterocycles. The van der Waals surface area contributed by atoms with E-state index >= 15 is 0 Å². The Morgan fingerprint density at radius 3 is 2.29 bits per heavy atom. The van der Waals surface area contributed by atoms with E-state index in [0.717, 1.165) is 12.3 Å². The third kappa shape index (κ3) is 2.97. The molecular weight excluding hydrogens is 280 g/mol. The molecule has 0 saturated carbocycles. The predicted molar refractivity (Wildman–Crippen MR) is 71.9 cm³/mol. The molecule has 2 rings (SSSR count). The maximum atomic E-state index is 11.9. The Bertz CT molecular complexity index is 717. The summed E-state index contributed by atoms with van der Waals surface area (Å²) in [6, 6.07) is 8.83. The summed E-state index contributed by atoms with van der Waals surface area (Å²) in [5.74, 6) is -1.12. The Morgan fingerprint density at radius 1 is 1.05 bits per heavy atom. The number of nitrogens with zero attached hydrogens (tertiary/aromatic N) is 3. The van der Waals surface area contributed by atoms with Crippen molar-refractivity contribution in [2.75, 3.05) is 5.32 Å². The molecule has 9 nitrogen and oxygen atoms in total. The van der Waals surface area contributed by atoms with Gasteiger partial charge in [0.05, 0.1) is 9.85 Å². The van der Waals surface area contributed by atoms with E-state index in [2.05, 4.69) is 10.3 Å². The summed E-state index contributed by atoms with van der Waals surface area (Å²) >= 11 is 0. The van der Waals surface area contributed by atoms with Gasteiger partial charge in [-0.05, 0) is 12.1 Å². The van der Waals surface area contributed by atoms with Crippen LogP contribution in [0, 0.1) is 20.2 Å². The summed E-state index contributed by atoms with van der Waals surface area (Å²) < 4.78 is 0. The highest BCUT2D eigenvalue weighted by Crippen LogP contribution is 2.32. The summed E-state index contributed by atoms with van der Waals surface area (Å²) in [6.45, 7) is 0. The second kappa shape index (κ2) is 5.74. The van der Waals surface area contributed by atoms with Crippen LogP contribution in [0.4, 0.5) is 17.2 Å². The third-order valence-electron chi connectivity index (χ3n) is 2.55. The number of anilines is 1. The minimum absolute atomic E-state index is 0.250. The number of hydrogen-bond donors (Lipinski definition) is 1. The van der Waals surface area contributed by atoms with Gasteiger partial charge in [0.2, 0.25) is 5.82 Å². The fourth-order valence-electron chi connectivity index (χ4n) is 1.63. The van der Waals surface area contributed by atoms with E-state index in [1.807, 2.05) is 0 Å². The number of benzene rings is 1. The number of rotatable bonds is 4. The van der Waals surface area contributed by atoms with E-state index in [0.29, 0.717) is 0 Å². The van der Waals surface area contributed by atoms with E-state index in [-0.39, 0.29) is 5.56 Å². The molecule has 0 unspecified atom stereocenters. The van der Waals surface area contributed by atoms with Crippen molar-refractivity contribution in [3.63, 3.8) is 0 Å². The minimum atomic E-state index is -0.953. The van der Waals surface area contributed by atoms with E-state index in [4.69, 9.17) is 0 Å². The first kappa shape index (κ1) is 14.1. The SMILES string of the molecule is O=C(Nc1nccc([N+](=O)[O-])c1[N+](=O)[O-])c1ccccc1. The maximum absolute atomic E-state index is 11.9. The van der Waals surface area contributed by atoms with Gasteiger partial charge in [-0.3, -0.25) is 25.0 Å². The van der Waals surface area contributed by atoms with Gasteiger partial charge in [-0.2, -0.15) is 0 Å². The fraction of sp³-hybridized carbons (Fsp3) is 0. The monoisotopic (exact) mass is 288 g/mol. The molecule has 0 aliphatic carbocycles. The normalized spacial score (nSPS) is 9.90. The molecule has 1 aromatic heterocycles. The van der Waals surface area contributed by atoms with Crippen molar-refractivity contribution < 1.29 is 14.6 Å². The molecule has 1 N–H and O–H groups in total. The summed E-state index contributed by atoms with van der Waals surface area (Å²) in [4.78, 5) is 35.5. The van der Waals surface area contributed by atoms with Crippen molar-refractivity contribution in [2.24, 2.45) is 0 Å². The van der Waals surface area contributed by atoms with Gasteiger partial charge in [-0.25, -0.2) is 4.98 Å². The molecule has 0 atom stereocenters. The Morgan fingerprint density at radius 2 is 1.71 bits per heavy atom. The Balaban J connectivity index is 2.41. The lowest BCUT2D eigenvalue weighted by Gasteiger charge is -2.05. The lowest BCUT2D eigenvalue weighted by Crippen LogP contribution is -2.14. The first-order chi connectivity index (χ1) is 10.0. The topological polar surface area (TPSA) is 128 Å². The molecule has 0 spiro atoms. The highest BCUT2D eigenvalue weighted by Gasteiger charge is 2.30. The standard InChI is InChI=1S/C12H8N4O5/c17-12(8-4-2-1-3-5-8)14-11-10(16(20)21)9(15(18)19)6-7-13-11/h1-7H,(H,13,14,17). The average Bonchev–Trinajstić information content (AvgIpc) is 2.47. The lowest BCUT2D eigenvalue weighted by molar-refractivity contribution is -0.422. The van der Waals surface area contributed by atoms with Crippen LogP contribution in [-0.2, 0) is 0 Å². The first-order valence-electron chi connectivity index (χ1n) is 5.65. The first-order valence-corrected chi connectivity index (χ1v) is 5.65. The van der Waals surface area contributed by atoms with Crippen LogP contribution in [0.1, 0.15) is 10.4 Å². The summed E-state index contributed by atoms with van der Waals surface area (Å²) in [7, 11) is 0. The highest BCUT2D eigenvalue weighted by atomic mass is 16.6. The van der Waals surface area contributed by atoms with E-state index in [1.54, 1.807) is 18.2 Å². The zero-order valence-electron chi connectivity index (χ0n) is 10.4. The van der Waals surface area contributed by atoms with Crippen LogP contribution in [0.25, 0.3) is 0 Å². The number of hydrogen-bond acceptors (Lipinski definition) is 6. The molecule has 1 aromatic carbocycles. The van der Waals surface area contributed by atoms with Crippen molar-refractivity contribution in [1.82, 2.24) is 4.98 Å². The molecule has 1 heterocycles. The Kier molecular flexibility index (Phi) is 3.84. The van der Waals surface area contributed by atoms with E-state index in [1.165, 1.54) is 12.1 Å². The Labute approximate surface area is 117 Å². The summed E-state index contributed by atoms with van der Waals surface area (Å²) in [5, 5.41) is 24.0. The van der Waals surface area contributed by atoms with Crippen molar-refractivity contribution in [3.8, 4) is 0 Å². The van der Waals surface area contributed by atoms with Crippen LogP contribution in [0.3, 0.4) is 0 Å². The van der Waals surface area contributed by atoms with Gasteiger partial charge < -0.3 is 5.32 Å². The van der Waals surface area contributed by atoms with E-state index in [9.17, 15) is 25.0 Å². The second-order valence-corrected chi connectivity index (χ2v) is 3.86. The molecule has 1 amide bonds. The molecular formula is C12H8N4O5. The largest absolute Gasteiger partial charge is 0.388 e. The van der Waals surface area contributed by atoms with Gasteiger partial charge in [0, 0.05) is 17.8 Å². The number of carbonyl (C=O) groups excluding carboxylic acids is 1. The van der Waals surface area contributed by atoms with E-state index < -0.39 is 32.9 Å². The zero-order valence-corrected chi connectivity index (χ0v) is 10.4. The molecule has 21 heavy (non-hydrogen) atoms. The number of pyridine rings is 1. The van der Waals surface area contributed by atoms with Crippen LogP contribution < -0.4 is 5.32 Å². The molecule has 0 saturated heterocycles. The average molecular weight is 288 g/mol. The molecule has 0 radical (unpaired) electrons. The number of aromatic nitrogens is 1.